The van der Waals surface area contributed by atoms with Gasteiger partial charge in [-0.15, -0.1) is 0 Å². The average Bonchev–Trinajstić information content (AvgIpc) is 2.94. The van der Waals surface area contributed by atoms with Crippen molar-refractivity contribution in [2.24, 2.45) is 0 Å². The van der Waals surface area contributed by atoms with Gasteiger partial charge in [0.1, 0.15) is 0 Å². The monoisotopic (exact) mass is 637 g/mol. The molecule has 0 aliphatic carbocycles. The summed E-state index contributed by atoms with van der Waals surface area (Å²) in [7, 11) is 0. The number of hydrogen-bond acceptors (Lipinski definition) is 0. The van der Waals surface area contributed by atoms with Crippen molar-refractivity contribution < 1.29 is 32.7 Å². The van der Waals surface area contributed by atoms with Crippen LogP contribution in [0.4, 0.5) is 0 Å². The first kappa shape index (κ1) is 40.0. The molecule has 0 fully saturated rings. The van der Waals surface area contributed by atoms with Gasteiger partial charge in [0, 0.05) is 32.7 Å². The molecule has 4 aromatic rings. The van der Waals surface area contributed by atoms with Crippen LogP contribution in [0.3, 0.4) is 0 Å². The van der Waals surface area contributed by atoms with Crippen molar-refractivity contribution in [3.8, 4) is 0 Å². The molecule has 0 spiro atoms. The van der Waals surface area contributed by atoms with Crippen LogP contribution in [0.1, 0.15) is 94.6 Å². The van der Waals surface area contributed by atoms with Crippen molar-refractivity contribution in [2.75, 3.05) is 0 Å². The number of benzene rings is 4. The molecule has 1 radical (unpaired) electrons. The second kappa shape index (κ2) is 17.9. The fraction of sp³-hybridized carbons (Fsp3) is 0.415. The van der Waals surface area contributed by atoms with Gasteiger partial charge < -0.3 is 0 Å². The number of hydrogen-bond donors (Lipinski definition) is 0. The van der Waals surface area contributed by atoms with Crippen LogP contribution >= 0.6 is 0 Å². The first-order chi connectivity index (χ1) is 18.9. The Hall–Kier alpha value is -2.02. The Kier molecular flexibility index (Phi) is 17.1. The quantitative estimate of drug-likeness (QED) is 0.168. The summed E-state index contributed by atoms with van der Waals surface area (Å²) in [5.74, 6) is 0. The third kappa shape index (κ3) is 10.6. The molecule has 225 valence electrons. The van der Waals surface area contributed by atoms with Gasteiger partial charge in [-0.2, -0.15) is 69.8 Å². The van der Waals surface area contributed by atoms with Gasteiger partial charge in [0.25, 0.3) is 0 Å². The Morgan fingerprint density at radius 3 is 0.643 bits per heavy atom. The maximum absolute atomic E-state index is 3.07. The SMILES string of the molecule is Cc1c(C)c(C)c(C)c(C)c1C.Cc1c[c-]cc(C)c1C.Cc1c[c-]cc(C)c1C.Cc1cc(C)c(C)c(C)c1C.[Y]. The fourth-order valence-corrected chi connectivity index (χ4v) is 4.74. The predicted molar refractivity (Wildman–Crippen MR) is 184 cm³/mol. The van der Waals surface area contributed by atoms with Crippen LogP contribution in [-0.4, -0.2) is 0 Å². The Labute approximate surface area is 285 Å². The van der Waals surface area contributed by atoms with E-state index in [2.05, 4.69) is 136 Å². The summed E-state index contributed by atoms with van der Waals surface area (Å²) in [6.07, 6.45) is 0. The van der Waals surface area contributed by atoms with Gasteiger partial charge in [-0.05, 0) is 137 Å². The Bertz CT molecular complexity index is 1260. The van der Waals surface area contributed by atoms with E-state index in [4.69, 9.17) is 0 Å². The summed E-state index contributed by atoms with van der Waals surface area (Å²) < 4.78 is 0. The summed E-state index contributed by atoms with van der Waals surface area (Å²) in [4.78, 5) is 0. The minimum atomic E-state index is 0. The smallest absolute Gasteiger partial charge is 0 e. The normalized spacial score (nSPS) is 9.83. The number of rotatable bonds is 0. The van der Waals surface area contributed by atoms with Gasteiger partial charge in [0.15, 0.2) is 0 Å². The molecule has 0 saturated heterocycles. The van der Waals surface area contributed by atoms with Gasteiger partial charge in [-0.1, -0.05) is 47.6 Å². The third-order valence-electron chi connectivity index (χ3n) is 9.68. The van der Waals surface area contributed by atoms with Crippen LogP contribution in [0.15, 0.2) is 30.3 Å². The summed E-state index contributed by atoms with van der Waals surface area (Å²) in [6.45, 7) is 36.9. The van der Waals surface area contributed by atoms with Crippen molar-refractivity contribution in [3.05, 3.63) is 137 Å². The molecule has 0 aliphatic heterocycles. The molecular weight excluding hydrogens is 581 g/mol. The van der Waals surface area contributed by atoms with E-state index in [1.54, 1.807) is 0 Å². The molecule has 0 nitrogen and oxygen atoms in total. The molecule has 0 saturated carbocycles. The van der Waals surface area contributed by atoms with Crippen molar-refractivity contribution in [3.63, 3.8) is 0 Å². The zero-order valence-electron chi connectivity index (χ0n) is 30.0. The van der Waals surface area contributed by atoms with E-state index in [-0.39, 0.29) is 32.7 Å². The minimum absolute atomic E-state index is 0. The van der Waals surface area contributed by atoms with Crippen molar-refractivity contribution in [2.45, 2.75) is 118 Å². The molecular formula is C41H56Y-2. The van der Waals surface area contributed by atoms with Gasteiger partial charge in [0.05, 0.1) is 0 Å². The van der Waals surface area contributed by atoms with Gasteiger partial charge in [-0.3, -0.25) is 0 Å². The fourth-order valence-electron chi connectivity index (χ4n) is 4.74. The minimum Gasteiger partial charge on any atom is -0.183 e. The Morgan fingerprint density at radius 1 is 0.262 bits per heavy atom. The molecule has 42 heavy (non-hydrogen) atoms. The molecule has 4 aromatic carbocycles. The average molecular weight is 638 g/mol. The van der Waals surface area contributed by atoms with Gasteiger partial charge in [-0.25, -0.2) is 0 Å². The maximum Gasteiger partial charge on any atom is 0 e. The van der Waals surface area contributed by atoms with Gasteiger partial charge in [0.2, 0.25) is 0 Å². The molecule has 0 aromatic heterocycles. The van der Waals surface area contributed by atoms with Crippen molar-refractivity contribution >= 4 is 0 Å². The van der Waals surface area contributed by atoms with E-state index in [1.807, 2.05) is 24.3 Å². The molecule has 4 rings (SSSR count). The van der Waals surface area contributed by atoms with E-state index in [0.717, 1.165) is 0 Å². The van der Waals surface area contributed by atoms with Crippen LogP contribution < -0.4 is 0 Å². The van der Waals surface area contributed by atoms with E-state index in [1.165, 1.54) is 94.6 Å². The van der Waals surface area contributed by atoms with E-state index >= 15 is 0 Å². The molecule has 0 unspecified atom stereocenters. The first-order valence-corrected chi connectivity index (χ1v) is 14.9. The van der Waals surface area contributed by atoms with E-state index in [0.29, 0.717) is 0 Å². The topological polar surface area (TPSA) is 0 Å². The first-order valence-electron chi connectivity index (χ1n) is 14.9. The van der Waals surface area contributed by atoms with Crippen LogP contribution in [0, 0.1) is 130 Å². The van der Waals surface area contributed by atoms with Crippen molar-refractivity contribution in [1.29, 1.82) is 0 Å². The van der Waals surface area contributed by atoms with Crippen LogP contribution in [0.25, 0.3) is 0 Å². The Morgan fingerprint density at radius 2 is 0.452 bits per heavy atom. The molecule has 0 N–H and O–H groups in total. The maximum atomic E-state index is 3.07. The summed E-state index contributed by atoms with van der Waals surface area (Å²) in [5, 5.41) is 0. The van der Waals surface area contributed by atoms with E-state index in [9.17, 15) is 0 Å². The standard InChI is InChI=1S/C12H18.C11H16.2C9H11.Y/c1-7-8(2)10(4)12(6)11(5)9(7)3;1-7-6-8(2)10(4)11(5)9(7)3;2*1-7-5-4-6-8(2)9(7)3;/h1-6H3;6H,1-5H3;2*5-6H,1-3H3;/q;;2*-1;. The molecule has 0 atom stereocenters. The second-order valence-corrected chi connectivity index (χ2v) is 12.0. The zero-order valence-corrected chi connectivity index (χ0v) is 32.8. The van der Waals surface area contributed by atoms with Crippen LogP contribution in [0.5, 0.6) is 0 Å². The molecule has 0 bridgehead atoms. The zero-order chi connectivity index (χ0) is 31.8. The summed E-state index contributed by atoms with van der Waals surface area (Å²) in [5.41, 5.74) is 23.9. The molecule has 0 amide bonds. The second-order valence-electron chi connectivity index (χ2n) is 12.0. The molecule has 0 aliphatic rings. The van der Waals surface area contributed by atoms with Crippen LogP contribution in [0.2, 0.25) is 0 Å². The predicted octanol–water partition coefficient (Wildman–Crippen LogP) is 11.6. The van der Waals surface area contributed by atoms with Crippen molar-refractivity contribution in [1.82, 2.24) is 0 Å². The third-order valence-corrected chi connectivity index (χ3v) is 9.68. The Balaban J connectivity index is 0.000000533. The summed E-state index contributed by atoms with van der Waals surface area (Å²) in [6, 6.07) is 16.5. The largest absolute Gasteiger partial charge is 0.183 e. The van der Waals surface area contributed by atoms with Gasteiger partial charge >= 0.3 is 0 Å². The number of aryl methyl sites for hydroxylation is 6. The summed E-state index contributed by atoms with van der Waals surface area (Å²) >= 11 is 0. The molecule has 0 heterocycles. The van der Waals surface area contributed by atoms with Crippen LogP contribution in [-0.2, 0) is 32.7 Å². The molecule has 1 heteroatoms. The van der Waals surface area contributed by atoms with E-state index < -0.39 is 0 Å².